The van der Waals surface area contributed by atoms with E-state index in [1.54, 1.807) is 11.3 Å². The standard InChI is InChI=1S/C16H24N4S/c1-9-11(3)21-16-14(9)15(18-12(4)19-16)20-7-5-13(6-8-20)10(2)17/h10,13H,5-8,17H2,1-4H3. The van der Waals surface area contributed by atoms with Crippen molar-refractivity contribution in [1.29, 1.82) is 0 Å². The molecule has 1 aliphatic rings. The van der Waals surface area contributed by atoms with Gasteiger partial charge in [-0.25, -0.2) is 9.97 Å². The van der Waals surface area contributed by atoms with Gasteiger partial charge in [0, 0.05) is 24.0 Å². The van der Waals surface area contributed by atoms with Crippen LogP contribution in [-0.4, -0.2) is 29.1 Å². The monoisotopic (exact) mass is 304 g/mol. The molecule has 2 aromatic rings. The van der Waals surface area contributed by atoms with Gasteiger partial charge in [0.15, 0.2) is 0 Å². The molecule has 21 heavy (non-hydrogen) atoms. The fourth-order valence-corrected chi connectivity index (χ4v) is 4.27. The predicted octanol–water partition coefficient (Wildman–Crippen LogP) is 3.18. The molecule has 1 saturated heterocycles. The van der Waals surface area contributed by atoms with Gasteiger partial charge in [-0.15, -0.1) is 11.3 Å². The molecule has 0 spiro atoms. The van der Waals surface area contributed by atoms with Crippen molar-refractivity contribution in [2.75, 3.05) is 18.0 Å². The van der Waals surface area contributed by atoms with Crippen molar-refractivity contribution in [1.82, 2.24) is 9.97 Å². The SMILES string of the molecule is Cc1nc(N2CCC(C(C)N)CC2)c2c(C)c(C)sc2n1. The molecule has 0 aromatic carbocycles. The largest absolute Gasteiger partial charge is 0.356 e. The lowest BCUT2D eigenvalue weighted by Crippen LogP contribution is -2.40. The smallest absolute Gasteiger partial charge is 0.141 e. The third kappa shape index (κ3) is 2.64. The van der Waals surface area contributed by atoms with Crippen LogP contribution in [0.4, 0.5) is 5.82 Å². The summed E-state index contributed by atoms with van der Waals surface area (Å²) in [5.74, 6) is 2.64. The van der Waals surface area contributed by atoms with Crippen LogP contribution in [0.2, 0.25) is 0 Å². The minimum atomic E-state index is 0.296. The van der Waals surface area contributed by atoms with Gasteiger partial charge in [0.1, 0.15) is 16.5 Å². The molecule has 1 aliphatic heterocycles. The molecule has 0 bridgehead atoms. The van der Waals surface area contributed by atoms with Gasteiger partial charge < -0.3 is 10.6 Å². The molecule has 1 unspecified atom stereocenters. The molecule has 1 atom stereocenters. The summed E-state index contributed by atoms with van der Waals surface area (Å²) in [6.07, 6.45) is 2.31. The second kappa shape index (κ2) is 5.54. The maximum Gasteiger partial charge on any atom is 0.141 e. The average molecular weight is 304 g/mol. The normalized spacial score (nSPS) is 18.4. The second-order valence-corrected chi connectivity index (χ2v) is 7.44. The van der Waals surface area contributed by atoms with Crippen LogP contribution in [0.3, 0.4) is 0 Å². The number of fused-ring (bicyclic) bond motifs is 1. The highest BCUT2D eigenvalue weighted by atomic mass is 32.1. The Labute approximate surface area is 130 Å². The van der Waals surface area contributed by atoms with E-state index < -0.39 is 0 Å². The van der Waals surface area contributed by atoms with Gasteiger partial charge in [-0.2, -0.15) is 0 Å². The maximum absolute atomic E-state index is 6.05. The Hall–Kier alpha value is -1.20. The van der Waals surface area contributed by atoms with Gasteiger partial charge in [0.05, 0.1) is 5.39 Å². The van der Waals surface area contributed by atoms with Gasteiger partial charge in [-0.1, -0.05) is 0 Å². The molecular formula is C16H24N4S. The summed E-state index contributed by atoms with van der Waals surface area (Å²) in [5, 5.41) is 1.25. The summed E-state index contributed by atoms with van der Waals surface area (Å²) in [4.78, 5) is 14.3. The van der Waals surface area contributed by atoms with Crippen molar-refractivity contribution in [3.05, 3.63) is 16.3 Å². The lowest BCUT2D eigenvalue weighted by atomic mass is 9.91. The van der Waals surface area contributed by atoms with E-state index in [0.717, 1.165) is 42.4 Å². The molecule has 3 heterocycles. The Morgan fingerprint density at radius 1 is 1.19 bits per heavy atom. The van der Waals surface area contributed by atoms with E-state index in [0.29, 0.717) is 12.0 Å². The number of anilines is 1. The van der Waals surface area contributed by atoms with E-state index >= 15 is 0 Å². The summed E-state index contributed by atoms with van der Waals surface area (Å²) < 4.78 is 0. The number of thiophene rings is 1. The van der Waals surface area contributed by atoms with E-state index in [1.165, 1.54) is 15.8 Å². The molecule has 0 radical (unpaired) electrons. The zero-order valence-corrected chi connectivity index (χ0v) is 14.1. The third-order valence-corrected chi connectivity index (χ3v) is 5.81. The van der Waals surface area contributed by atoms with Gasteiger partial charge in [0.25, 0.3) is 0 Å². The fourth-order valence-electron chi connectivity index (χ4n) is 3.20. The van der Waals surface area contributed by atoms with Crippen LogP contribution < -0.4 is 10.6 Å². The first-order valence-electron chi connectivity index (χ1n) is 7.72. The Kier molecular flexibility index (Phi) is 3.88. The number of aryl methyl sites for hydroxylation is 3. The molecule has 5 heteroatoms. The van der Waals surface area contributed by atoms with Gasteiger partial charge in [0.2, 0.25) is 0 Å². The van der Waals surface area contributed by atoms with Gasteiger partial charge >= 0.3 is 0 Å². The Morgan fingerprint density at radius 2 is 1.86 bits per heavy atom. The zero-order valence-electron chi connectivity index (χ0n) is 13.3. The molecule has 2 aromatic heterocycles. The van der Waals surface area contributed by atoms with Crippen molar-refractivity contribution in [2.45, 2.75) is 46.6 Å². The van der Waals surface area contributed by atoms with Crippen LogP contribution in [0.1, 0.15) is 36.0 Å². The maximum atomic E-state index is 6.05. The lowest BCUT2D eigenvalue weighted by molar-refractivity contribution is 0.354. The van der Waals surface area contributed by atoms with Gasteiger partial charge in [-0.3, -0.25) is 0 Å². The minimum Gasteiger partial charge on any atom is -0.356 e. The molecule has 0 amide bonds. The third-order valence-electron chi connectivity index (χ3n) is 4.70. The topological polar surface area (TPSA) is 55.0 Å². The number of piperidine rings is 1. The van der Waals surface area contributed by atoms with E-state index in [2.05, 4.69) is 30.7 Å². The van der Waals surface area contributed by atoms with Crippen molar-refractivity contribution < 1.29 is 0 Å². The molecule has 114 valence electrons. The average Bonchev–Trinajstić information content (AvgIpc) is 2.73. The van der Waals surface area contributed by atoms with Crippen LogP contribution in [0.15, 0.2) is 0 Å². The highest BCUT2D eigenvalue weighted by Crippen LogP contribution is 2.36. The van der Waals surface area contributed by atoms with E-state index in [9.17, 15) is 0 Å². The van der Waals surface area contributed by atoms with Crippen molar-refractivity contribution >= 4 is 27.4 Å². The summed E-state index contributed by atoms with van der Waals surface area (Å²) in [7, 11) is 0. The Morgan fingerprint density at radius 3 is 2.48 bits per heavy atom. The number of hydrogen-bond donors (Lipinski definition) is 1. The number of hydrogen-bond acceptors (Lipinski definition) is 5. The number of rotatable bonds is 2. The molecule has 2 N–H and O–H groups in total. The Balaban J connectivity index is 1.97. The first kappa shape index (κ1) is 14.7. The molecule has 3 rings (SSSR count). The lowest BCUT2D eigenvalue weighted by Gasteiger charge is -2.34. The number of aromatic nitrogens is 2. The highest BCUT2D eigenvalue weighted by Gasteiger charge is 2.25. The summed E-state index contributed by atoms with van der Waals surface area (Å²) in [5.41, 5.74) is 7.38. The fraction of sp³-hybridized carbons (Fsp3) is 0.625. The van der Waals surface area contributed by atoms with Crippen LogP contribution in [0.5, 0.6) is 0 Å². The first-order chi connectivity index (χ1) is 9.97. The second-order valence-electron chi connectivity index (χ2n) is 6.24. The van der Waals surface area contributed by atoms with E-state index in [4.69, 9.17) is 10.7 Å². The van der Waals surface area contributed by atoms with Crippen LogP contribution in [-0.2, 0) is 0 Å². The van der Waals surface area contributed by atoms with E-state index in [-0.39, 0.29) is 0 Å². The number of nitrogens with two attached hydrogens (primary N) is 1. The summed E-state index contributed by atoms with van der Waals surface area (Å²) in [6, 6.07) is 0.296. The van der Waals surface area contributed by atoms with Crippen molar-refractivity contribution in [3.8, 4) is 0 Å². The molecule has 0 saturated carbocycles. The number of nitrogens with zero attached hydrogens (tertiary/aromatic N) is 3. The van der Waals surface area contributed by atoms with Crippen LogP contribution in [0.25, 0.3) is 10.2 Å². The van der Waals surface area contributed by atoms with Crippen LogP contribution >= 0.6 is 11.3 Å². The molecule has 4 nitrogen and oxygen atoms in total. The quantitative estimate of drug-likeness (QED) is 0.926. The predicted molar refractivity (Wildman–Crippen MR) is 90.2 cm³/mol. The Bertz CT molecular complexity index is 654. The summed E-state index contributed by atoms with van der Waals surface area (Å²) >= 11 is 1.78. The van der Waals surface area contributed by atoms with Crippen LogP contribution in [0, 0.1) is 26.7 Å². The van der Waals surface area contributed by atoms with Crippen molar-refractivity contribution in [3.63, 3.8) is 0 Å². The van der Waals surface area contributed by atoms with Crippen molar-refractivity contribution in [2.24, 2.45) is 11.7 Å². The van der Waals surface area contributed by atoms with E-state index in [1.807, 2.05) is 6.92 Å². The van der Waals surface area contributed by atoms with Gasteiger partial charge in [-0.05, 0) is 52.0 Å². The molecular weight excluding hydrogens is 280 g/mol. The first-order valence-corrected chi connectivity index (χ1v) is 8.54. The zero-order chi connectivity index (χ0) is 15.1. The highest BCUT2D eigenvalue weighted by molar-refractivity contribution is 7.18. The minimum absolute atomic E-state index is 0.296. The molecule has 1 fully saturated rings. The molecule has 0 aliphatic carbocycles. The summed E-state index contributed by atoms with van der Waals surface area (Å²) in [6.45, 7) is 10.6.